The Balaban J connectivity index is 3.10. The Morgan fingerprint density at radius 3 is 2.92 bits per heavy atom. The van der Waals surface area contributed by atoms with Crippen LogP contribution in [0.25, 0.3) is 10.2 Å². The molecule has 13 heavy (non-hydrogen) atoms. The lowest BCUT2D eigenvalue weighted by atomic mass is 10.4. The molecular formula is C7H5BrN2O2S. The summed E-state index contributed by atoms with van der Waals surface area (Å²) in [5.74, 6) is 0. The summed E-state index contributed by atoms with van der Waals surface area (Å²) in [6, 6.07) is 1.71. The number of nitrogens with zero attached hydrogens (tertiary/aromatic N) is 1. The van der Waals surface area contributed by atoms with Crippen molar-refractivity contribution in [2.24, 2.45) is 7.05 Å². The van der Waals surface area contributed by atoms with Gasteiger partial charge in [-0.15, -0.1) is 11.3 Å². The van der Waals surface area contributed by atoms with Gasteiger partial charge in [-0.25, -0.2) is 4.79 Å². The van der Waals surface area contributed by atoms with Crippen molar-refractivity contribution in [2.75, 3.05) is 0 Å². The molecule has 2 rings (SSSR count). The maximum atomic E-state index is 11.5. The van der Waals surface area contributed by atoms with Gasteiger partial charge < -0.3 is 0 Å². The molecule has 2 heterocycles. The van der Waals surface area contributed by atoms with Gasteiger partial charge in [0.2, 0.25) is 0 Å². The zero-order chi connectivity index (χ0) is 9.59. The van der Waals surface area contributed by atoms with Crippen LogP contribution in [0, 0.1) is 0 Å². The van der Waals surface area contributed by atoms with Crippen molar-refractivity contribution in [2.45, 2.75) is 0 Å². The minimum absolute atomic E-state index is 0.263. The van der Waals surface area contributed by atoms with E-state index in [4.69, 9.17) is 0 Å². The largest absolute Gasteiger partial charge is 0.329 e. The second-order valence-corrected chi connectivity index (χ2v) is 5.02. The quantitative estimate of drug-likeness (QED) is 0.770. The van der Waals surface area contributed by atoms with Gasteiger partial charge >= 0.3 is 5.69 Å². The molecular weight excluding hydrogens is 256 g/mol. The molecule has 0 atom stereocenters. The van der Waals surface area contributed by atoms with Crippen LogP contribution in [0.5, 0.6) is 0 Å². The van der Waals surface area contributed by atoms with Gasteiger partial charge in [-0.1, -0.05) is 0 Å². The molecule has 0 unspecified atom stereocenters. The van der Waals surface area contributed by atoms with E-state index in [1.54, 1.807) is 6.07 Å². The molecule has 6 heteroatoms. The predicted octanol–water partition coefficient (Wildman–Crippen LogP) is 1.05. The first kappa shape index (κ1) is 8.71. The highest BCUT2D eigenvalue weighted by atomic mass is 79.9. The highest BCUT2D eigenvalue weighted by Gasteiger charge is 2.06. The van der Waals surface area contributed by atoms with Crippen molar-refractivity contribution in [1.29, 1.82) is 0 Å². The highest BCUT2D eigenvalue weighted by Crippen LogP contribution is 2.24. The topological polar surface area (TPSA) is 54.9 Å². The Hall–Kier alpha value is -0.880. The third kappa shape index (κ3) is 1.26. The van der Waals surface area contributed by atoms with Gasteiger partial charge in [-0.3, -0.25) is 14.3 Å². The molecule has 0 aliphatic carbocycles. The molecule has 0 aliphatic rings. The van der Waals surface area contributed by atoms with Crippen LogP contribution in [0.15, 0.2) is 19.4 Å². The second-order valence-electron chi connectivity index (χ2n) is 2.59. The van der Waals surface area contributed by atoms with E-state index in [2.05, 4.69) is 20.9 Å². The first-order valence-corrected chi connectivity index (χ1v) is 5.09. The Kier molecular flexibility index (Phi) is 1.88. The molecule has 0 fully saturated rings. The van der Waals surface area contributed by atoms with Crippen molar-refractivity contribution in [1.82, 2.24) is 9.55 Å². The summed E-state index contributed by atoms with van der Waals surface area (Å²) in [7, 11) is 1.45. The van der Waals surface area contributed by atoms with E-state index in [1.165, 1.54) is 18.4 Å². The molecule has 0 saturated carbocycles. The summed E-state index contributed by atoms with van der Waals surface area (Å²) in [5.41, 5.74) is -0.646. The fraction of sp³-hybridized carbons (Fsp3) is 0.143. The minimum Gasteiger partial charge on any atom is -0.298 e. The molecule has 0 bridgehead atoms. The lowest BCUT2D eigenvalue weighted by molar-refractivity contribution is 0.795. The van der Waals surface area contributed by atoms with Gasteiger partial charge in [-0.2, -0.15) is 0 Å². The van der Waals surface area contributed by atoms with Gasteiger partial charge in [0.25, 0.3) is 5.56 Å². The van der Waals surface area contributed by atoms with Crippen LogP contribution >= 0.6 is 27.3 Å². The normalized spacial score (nSPS) is 10.9. The third-order valence-corrected chi connectivity index (χ3v) is 3.32. The zero-order valence-electron chi connectivity index (χ0n) is 6.63. The number of rotatable bonds is 0. The highest BCUT2D eigenvalue weighted by molar-refractivity contribution is 9.11. The maximum Gasteiger partial charge on any atom is 0.329 e. The van der Waals surface area contributed by atoms with Gasteiger partial charge in [0.05, 0.1) is 9.17 Å². The fourth-order valence-electron chi connectivity index (χ4n) is 1.07. The molecule has 1 N–H and O–H groups in total. The first-order valence-electron chi connectivity index (χ1n) is 3.48. The summed E-state index contributed by atoms with van der Waals surface area (Å²) in [4.78, 5) is 25.9. The lowest BCUT2D eigenvalue weighted by Crippen LogP contribution is -2.31. The van der Waals surface area contributed by atoms with E-state index in [9.17, 15) is 9.59 Å². The van der Waals surface area contributed by atoms with Crippen molar-refractivity contribution in [3.63, 3.8) is 0 Å². The van der Waals surface area contributed by atoms with Gasteiger partial charge in [0.15, 0.2) is 0 Å². The van der Waals surface area contributed by atoms with Crippen molar-refractivity contribution < 1.29 is 0 Å². The minimum atomic E-state index is -0.383. The number of aromatic nitrogens is 2. The molecule has 0 aliphatic heterocycles. The number of halogens is 1. The number of hydrogen-bond donors (Lipinski definition) is 1. The predicted molar refractivity (Wildman–Crippen MR) is 55.4 cm³/mol. The summed E-state index contributed by atoms with van der Waals surface area (Å²) >= 11 is 4.59. The van der Waals surface area contributed by atoms with Crippen LogP contribution < -0.4 is 11.2 Å². The average molecular weight is 261 g/mol. The van der Waals surface area contributed by atoms with E-state index < -0.39 is 0 Å². The Labute approximate surface area is 85.0 Å². The van der Waals surface area contributed by atoms with E-state index in [1.807, 2.05) is 0 Å². The molecule has 0 radical (unpaired) electrons. The van der Waals surface area contributed by atoms with Crippen LogP contribution in [0.4, 0.5) is 0 Å². The second kappa shape index (κ2) is 2.81. The summed E-state index contributed by atoms with van der Waals surface area (Å²) in [5, 5.41) is 0.541. The van der Waals surface area contributed by atoms with Crippen LogP contribution in [0.1, 0.15) is 0 Å². The average Bonchev–Trinajstić information content (AvgIpc) is 2.42. The Morgan fingerprint density at radius 1 is 1.54 bits per heavy atom. The molecule has 0 saturated heterocycles. The standard InChI is InChI=1S/C7H5BrN2O2S/c1-10-6(11)3-2-4(8)13-5(3)9-7(10)12/h2H,1H3,(H,9,12). The van der Waals surface area contributed by atoms with Gasteiger partial charge in [-0.05, 0) is 22.0 Å². The fourth-order valence-corrected chi connectivity index (χ4v) is 2.55. The van der Waals surface area contributed by atoms with Crippen LogP contribution in [-0.2, 0) is 7.05 Å². The molecule has 0 spiro atoms. The van der Waals surface area contributed by atoms with Crippen molar-refractivity contribution >= 4 is 37.5 Å². The van der Waals surface area contributed by atoms with E-state index in [0.29, 0.717) is 10.2 Å². The molecule has 2 aromatic heterocycles. The van der Waals surface area contributed by atoms with E-state index in [-0.39, 0.29) is 11.2 Å². The SMILES string of the molecule is Cn1c(=O)[nH]c2sc(Br)cc2c1=O. The number of thiophene rings is 1. The number of H-pyrrole nitrogens is 1. The Morgan fingerprint density at radius 2 is 2.23 bits per heavy atom. The molecule has 4 nitrogen and oxygen atoms in total. The molecule has 0 aromatic carbocycles. The maximum absolute atomic E-state index is 11.5. The van der Waals surface area contributed by atoms with Gasteiger partial charge in [0.1, 0.15) is 4.83 Å². The summed E-state index contributed by atoms with van der Waals surface area (Å²) in [6.07, 6.45) is 0. The lowest BCUT2D eigenvalue weighted by Gasteiger charge is -1.93. The van der Waals surface area contributed by atoms with E-state index >= 15 is 0 Å². The smallest absolute Gasteiger partial charge is 0.298 e. The molecule has 0 amide bonds. The zero-order valence-corrected chi connectivity index (χ0v) is 9.03. The summed E-state index contributed by atoms with van der Waals surface area (Å²) < 4.78 is 1.89. The van der Waals surface area contributed by atoms with Crippen LogP contribution in [-0.4, -0.2) is 9.55 Å². The number of nitrogens with one attached hydrogen (secondary N) is 1. The number of hydrogen-bond acceptors (Lipinski definition) is 3. The van der Waals surface area contributed by atoms with Gasteiger partial charge in [0, 0.05) is 7.05 Å². The van der Waals surface area contributed by atoms with E-state index in [0.717, 1.165) is 8.35 Å². The summed E-state index contributed by atoms with van der Waals surface area (Å²) in [6.45, 7) is 0. The van der Waals surface area contributed by atoms with Crippen molar-refractivity contribution in [3.05, 3.63) is 30.7 Å². The molecule has 68 valence electrons. The number of aromatic amines is 1. The van der Waals surface area contributed by atoms with Crippen molar-refractivity contribution in [3.8, 4) is 0 Å². The van der Waals surface area contributed by atoms with Crippen LogP contribution in [0.3, 0.4) is 0 Å². The first-order chi connectivity index (χ1) is 6.09. The monoisotopic (exact) mass is 260 g/mol. The van der Waals surface area contributed by atoms with Crippen LogP contribution in [0.2, 0.25) is 0 Å². The molecule has 2 aromatic rings. The Bertz CT molecular complexity index is 580. The third-order valence-electron chi connectivity index (χ3n) is 1.76. The number of fused-ring (bicyclic) bond motifs is 1.